The van der Waals surface area contributed by atoms with Gasteiger partial charge in [-0.15, -0.1) is 0 Å². The molecule has 6 nitrogen and oxygen atoms in total. The van der Waals surface area contributed by atoms with Crippen LogP contribution in [-0.4, -0.2) is 47.4 Å². The number of nitrogens with zero attached hydrogens (tertiary/aromatic N) is 2. The molecule has 30 heavy (non-hydrogen) atoms. The van der Waals surface area contributed by atoms with Gasteiger partial charge in [0.05, 0.1) is 5.69 Å². The van der Waals surface area contributed by atoms with E-state index in [9.17, 15) is 9.59 Å². The van der Waals surface area contributed by atoms with Crippen molar-refractivity contribution in [2.75, 3.05) is 25.6 Å². The molecule has 1 aliphatic heterocycles. The van der Waals surface area contributed by atoms with Crippen molar-refractivity contribution < 1.29 is 14.3 Å². The first-order valence-corrected chi connectivity index (χ1v) is 11.3. The Morgan fingerprint density at radius 3 is 2.73 bits per heavy atom. The van der Waals surface area contributed by atoms with Gasteiger partial charge in [0.25, 0.3) is 0 Å². The van der Waals surface area contributed by atoms with Gasteiger partial charge in [-0.25, -0.2) is 4.99 Å². The normalized spacial score (nSPS) is 17.6. The van der Waals surface area contributed by atoms with Crippen molar-refractivity contribution >= 4 is 56.0 Å². The van der Waals surface area contributed by atoms with Gasteiger partial charge in [0.2, 0.25) is 11.8 Å². The molecule has 0 bridgehead atoms. The maximum atomic E-state index is 13.0. The van der Waals surface area contributed by atoms with Crippen LogP contribution >= 0.6 is 27.7 Å². The molecule has 0 radical (unpaired) electrons. The number of aryl methyl sites for hydroxylation is 1. The second kappa shape index (κ2) is 10.7. The van der Waals surface area contributed by atoms with Crippen molar-refractivity contribution in [1.29, 1.82) is 0 Å². The molecule has 0 aliphatic carbocycles. The Morgan fingerprint density at radius 1 is 1.27 bits per heavy atom. The van der Waals surface area contributed by atoms with Crippen molar-refractivity contribution in [3.8, 4) is 0 Å². The summed E-state index contributed by atoms with van der Waals surface area (Å²) in [6, 6.07) is 15.2. The molecule has 1 saturated heterocycles. The van der Waals surface area contributed by atoms with Gasteiger partial charge in [-0.3, -0.25) is 14.5 Å². The first kappa shape index (κ1) is 22.5. The van der Waals surface area contributed by atoms with Crippen molar-refractivity contribution in [3.05, 3.63) is 58.6 Å². The topological polar surface area (TPSA) is 71.0 Å². The Labute approximate surface area is 189 Å². The lowest BCUT2D eigenvalue weighted by molar-refractivity contribution is -0.128. The van der Waals surface area contributed by atoms with E-state index in [1.165, 1.54) is 11.8 Å². The zero-order valence-corrected chi connectivity index (χ0v) is 19.3. The van der Waals surface area contributed by atoms with Crippen LogP contribution in [0.25, 0.3) is 0 Å². The van der Waals surface area contributed by atoms with Crippen molar-refractivity contribution in [2.45, 2.75) is 25.0 Å². The highest BCUT2D eigenvalue weighted by Crippen LogP contribution is 2.32. The van der Waals surface area contributed by atoms with E-state index in [2.05, 4.69) is 26.2 Å². The fraction of sp³-hybridized carbons (Fsp3) is 0.318. The van der Waals surface area contributed by atoms with Crippen LogP contribution in [-0.2, 0) is 14.3 Å². The minimum Gasteiger partial charge on any atom is -0.385 e. The van der Waals surface area contributed by atoms with E-state index in [1.807, 2.05) is 55.5 Å². The zero-order valence-electron chi connectivity index (χ0n) is 16.9. The number of aliphatic imine (C=N–C) groups is 1. The third kappa shape index (κ3) is 6.17. The number of methoxy groups -OCH3 is 1. The third-order valence-corrected chi connectivity index (χ3v) is 6.18. The maximum Gasteiger partial charge on any atom is 0.242 e. The summed E-state index contributed by atoms with van der Waals surface area (Å²) in [5, 5.41) is 2.99. The summed E-state index contributed by atoms with van der Waals surface area (Å²) in [6.45, 7) is 3.07. The van der Waals surface area contributed by atoms with Crippen LogP contribution in [0.4, 0.5) is 11.4 Å². The van der Waals surface area contributed by atoms with Crippen LogP contribution in [0.1, 0.15) is 18.4 Å². The Hall–Kier alpha value is -2.16. The predicted octanol–water partition coefficient (Wildman–Crippen LogP) is 4.75. The Kier molecular flexibility index (Phi) is 8.07. The summed E-state index contributed by atoms with van der Waals surface area (Å²) in [5.74, 6) is -0.287. The molecule has 2 aromatic rings. The second-order valence-electron chi connectivity index (χ2n) is 6.94. The average molecular weight is 490 g/mol. The number of thioether (sulfide) groups is 1. The number of benzene rings is 2. The van der Waals surface area contributed by atoms with Gasteiger partial charge in [0.1, 0.15) is 5.25 Å². The van der Waals surface area contributed by atoms with E-state index < -0.39 is 5.25 Å². The first-order valence-electron chi connectivity index (χ1n) is 9.64. The SMILES string of the molecule is COCCCN1C(=O)C(CC(=O)Nc2ccc(Br)cc2)SC1=Nc1cccc(C)c1. The molecule has 1 atom stereocenters. The van der Waals surface area contributed by atoms with Gasteiger partial charge in [-0.05, 0) is 55.3 Å². The van der Waals surface area contributed by atoms with Crippen LogP contribution < -0.4 is 5.32 Å². The molecule has 2 aromatic carbocycles. The fourth-order valence-corrected chi connectivity index (χ4v) is 4.47. The quantitative estimate of drug-likeness (QED) is 0.542. The minimum absolute atomic E-state index is 0.0894. The Bertz CT molecular complexity index is 933. The highest BCUT2D eigenvalue weighted by Gasteiger charge is 2.38. The highest BCUT2D eigenvalue weighted by atomic mass is 79.9. The monoisotopic (exact) mass is 489 g/mol. The molecule has 2 amide bonds. The molecule has 1 N–H and O–H groups in total. The minimum atomic E-state index is -0.494. The van der Waals surface area contributed by atoms with Crippen LogP contribution in [0.15, 0.2) is 58.0 Å². The van der Waals surface area contributed by atoms with Gasteiger partial charge >= 0.3 is 0 Å². The molecule has 1 fully saturated rings. The van der Waals surface area contributed by atoms with Crippen molar-refractivity contribution in [2.24, 2.45) is 4.99 Å². The fourth-order valence-electron chi connectivity index (χ4n) is 3.02. The maximum absolute atomic E-state index is 13.0. The molecule has 0 spiro atoms. The smallest absolute Gasteiger partial charge is 0.242 e. The Morgan fingerprint density at radius 2 is 2.03 bits per heavy atom. The summed E-state index contributed by atoms with van der Waals surface area (Å²) >= 11 is 4.72. The van der Waals surface area contributed by atoms with Gasteiger partial charge in [0.15, 0.2) is 5.17 Å². The summed E-state index contributed by atoms with van der Waals surface area (Å²) in [7, 11) is 1.64. The van der Waals surface area contributed by atoms with Crippen molar-refractivity contribution in [1.82, 2.24) is 4.90 Å². The van der Waals surface area contributed by atoms with Crippen molar-refractivity contribution in [3.63, 3.8) is 0 Å². The van der Waals surface area contributed by atoms with Gasteiger partial charge in [0, 0.05) is 36.8 Å². The summed E-state index contributed by atoms with van der Waals surface area (Å²) < 4.78 is 6.06. The van der Waals surface area contributed by atoms with E-state index in [0.29, 0.717) is 30.4 Å². The number of halogens is 1. The largest absolute Gasteiger partial charge is 0.385 e. The standard InChI is InChI=1S/C22H24BrN3O3S/c1-15-5-3-6-18(13-15)25-22-26(11-4-12-29-2)21(28)19(30-22)14-20(27)24-17-9-7-16(23)8-10-17/h3,5-10,13,19H,4,11-12,14H2,1-2H3,(H,24,27). The van der Waals surface area contributed by atoms with Gasteiger partial charge in [-0.1, -0.05) is 39.8 Å². The number of amidine groups is 1. The van der Waals surface area contributed by atoms with Gasteiger partial charge in [-0.2, -0.15) is 0 Å². The first-order chi connectivity index (χ1) is 14.5. The van der Waals surface area contributed by atoms with Crippen LogP contribution in [0.3, 0.4) is 0 Å². The molecular weight excluding hydrogens is 466 g/mol. The van der Waals surface area contributed by atoms with E-state index in [1.54, 1.807) is 12.0 Å². The van der Waals surface area contributed by atoms with E-state index >= 15 is 0 Å². The number of ether oxygens (including phenoxy) is 1. The number of carbonyl (C=O) groups excluding carboxylic acids is 2. The molecule has 3 rings (SSSR count). The van der Waals surface area contributed by atoms with Crippen LogP contribution in [0, 0.1) is 6.92 Å². The lowest BCUT2D eigenvalue weighted by atomic mass is 10.2. The number of hydrogen-bond acceptors (Lipinski definition) is 5. The van der Waals surface area contributed by atoms with E-state index in [-0.39, 0.29) is 18.2 Å². The number of nitrogens with one attached hydrogen (secondary N) is 1. The number of carbonyl (C=O) groups is 2. The number of rotatable bonds is 8. The predicted molar refractivity (Wildman–Crippen MR) is 125 cm³/mol. The van der Waals surface area contributed by atoms with Crippen LogP contribution in [0.5, 0.6) is 0 Å². The molecule has 1 heterocycles. The summed E-state index contributed by atoms with van der Waals surface area (Å²) in [4.78, 5) is 31.9. The van der Waals surface area contributed by atoms with E-state index in [0.717, 1.165) is 15.7 Å². The molecule has 1 unspecified atom stereocenters. The number of anilines is 1. The lowest BCUT2D eigenvalue weighted by Crippen LogP contribution is -2.34. The third-order valence-electron chi connectivity index (χ3n) is 4.48. The highest BCUT2D eigenvalue weighted by molar-refractivity contribution is 9.10. The molecule has 1 aliphatic rings. The molecule has 8 heteroatoms. The zero-order chi connectivity index (χ0) is 21.5. The van der Waals surface area contributed by atoms with Crippen LogP contribution in [0.2, 0.25) is 0 Å². The number of amides is 2. The molecular formula is C22H24BrN3O3S. The second-order valence-corrected chi connectivity index (χ2v) is 9.02. The summed E-state index contributed by atoms with van der Waals surface area (Å²) in [6.07, 6.45) is 0.792. The Balaban J connectivity index is 1.72. The number of hydrogen-bond donors (Lipinski definition) is 1. The van der Waals surface area contributed by atoms with E-state index in [4.69, 9.17) is 4.74 Å². The average Bonchev–Trinajstić information content (AvgIpc) is 2.98. The summed E-state index contributed by atoms with van der Waals surface area (Å²) in [5.41, 5.74) is 2.59. The van der Waals surface area contributed by atoms with Gasteiger partial charge < -0.3 is 10.1 Å². The lowest BCUT2D eigenvalue weighted by Gasteiger charge is -2.16. The molecule has 0 saturated carbocycles. The molecule has 158 valence electrons. The molecule has 0 aromatic heterocycles.